The van der Waals surface area contributed by atoms with E-state index in [0.717, 1.165) is 0 Å². The molecule has 2 aromatic rings. The Hall–Kier alpha value is -2.08. The Morgan fingerprint density at radius 3 is 2.33 bits per heavy atom. The van der Waals surface area contributed by atoms with Gasteiger partial charge < -0.3 is 9.15 Å². The van der Waals surface area contributed by atoms with Gasteiger partial charge in [0.1, 0.15) is 5.75 Å². The van der Waals surface area contributed by atoms with E-state index >= 15 is 0 Å². The fraction of sp³-hybridized carbons (Fsp3) is 0.267. The highest BCUT2D eigenvalue weighted by Crippen LogP contribution is 2.24. The van der Waals surface area contributed by atoms with Crippen molar-refractivity contribution in [3.63, 3.8) is 0 Å². The van der Waals surface area contributed by atoms with Gasteiger partial charge in [0, 0.05) is 0 Å². The van der Waals surface area contributed by atoms with Gasteiger partial charge in [0.05, 0.1) is 11.5 Å². The predicted octanol–water partition coefficient (Wildman–Crippen LogP) is 2.96. The zero-order chi connectivity index (χ0) is 15.5. The van der Waals surface area contributed by atoms with Crippen molar-refractivity contribution in [3.05, 3.63) is 42.2 Å². The van der Waals surface area contributed by atoms with Crippen molar-refractivity contribution < 1.29 is 22.4 Å². The summed E-state index contributed by atoms with van der Waals surface area (Å²) in [5, 5.41) is -0.250. The lowest BCUT2D eigenvalue weighted by Gasteiger charge is -2.09. The molecule has 0 radical (unpaired) electrons. The van der Waals surface area contributed by atoms with Gasteiger partial charge in [0.15, 0.2) is 12.0 Å². The highest BCUT2D eigenvalue weighted by molar-refractivity contribution is 7.91. The van der Waals surface area contributed by atoms with Crippen LogP contribution < -0.4 is 4.74 Å². The zero-order valence-electron chi connectivity index (χ0n) is 11.8. The Kier molecular flexibility index (Phi) is 4.47. The average Bonchev–Trinajstić information content (AvgIpc) is 2.95. The van der Waals surface area contributed by atoms with E-state index < -0.39 is 9.84 Å². The molecule has 0 aliphatic heterocycles. The van der Waals surface area contributed by atoms with E-state index in [1.54, 1.807) is 12.1 Å². The third kappa shape index (κ3) is 3.52. The molecule has 6 heteroatoms. The Bertz CT molecular complexity index is 711. The molecule has 1 aromatic carbocycles. The molecule has 1 aromatic heterocycles. The zero-order valence-corrected chi connectivity index (χ0v) is 12.6. The molecule has 0 saturated heterocycles. The summed E-state index contributed by atoms with van der Waals surface area (Å²) >= 11 is 0. The van der Waals surface area contributed by atoms with Crippen molar-refractivity contribution in [1.82, 2.24) is 0 Å². The van der Waals surface area contributed by atoms with Crippen molar-refractivity contribution in [1.29, 1.82) is 0 Å². The van der Waals surface area contributed by atoms with E-state index in [-0.39, 0.29) is 15.7 Å². The van der Waals surface area contributed by atoms with Crippen LogP contribution in [-0.4, -0.2) is 21.3 Å². The molecular formula is C15H16O5S. The number of carbonyl (C=O) groups is 1. The summed E-state index contributed by atoms with van der Waals surface area (Å²) in [5.41, 5.74) is 0. The van der Waals surface area contributed by atoms with Crippen LogP contribution in [-0.2, 0) is 9.84 Å². The molecule has 2 rings (SSSR count). The summed E-state index contributed by atoms with van der Waals surface area (Å²) in [6.45, 7) is 4.62. The maximum atomic E-state index is 12.3. The van der Waals surface area contributed by atoms with Crippen LogP contribution in [0.15, 0.2) is 50.8 Å². The lowest BCUT2D eigenvalue weighted by molar-refractivity contribution is 0.109. The number of rotatable bonds is 6. The molecule has 0 amide bonds. The fourth-order valence-electron chi connectivity index (χ4n) is 1.64. The minimum Gasteiger partial charge on any atom is -0.493 e. The largest absolute Gasteiger partial charge is 0.493 e. The summed E-state index contributed by atoms with van der Waals surface area (Å²) in [7, 11) is -3.76. The van der Waals surface area contributed by atoms with Gasteiger partial charge in [-0.05, 0) is 42.3 Å². The third-order valence-electron chi connectivity index (χ3n) is 2.70. The maximum absolute atomic E-state index is 12.3. The second-order valence-corrected chi connectivity index (χ2v) is 6.83. The molecule has 112 valence electrons. The van der Waals surface area contributed by atoms with E-state index in [0.29, 0.717) is 24.6 Å². The van der Waals surface area contributed by atoms with Crippen LogP contribution in [0.3, 0.4) is 0 Å². The lowest BCUT2D eigenvalue weighted by Crippen LogP contribution is -2.05. The Labute approximate surface area is 123 Å². The second-order valence-electron chi connectivity index (χ2n) is 4.95. The molecule has 0 aliphatic carbocycles. The van der Waals surface area contributed by atoms with Gasteiger partial charge in [-0.1, -0.05) is 13.8 Å². The highest BCUT2D eigenvalue weighted by Gasteiger charge is 2.21. The van der Waals surface area contributed by atoms with Crippen LogP contribution in [0.4, 0.5) is 0 Å². The van der Waals surface area contributed by atoms with Crippen LogP contribution in [0.2, 0.25) is 0 Å². The van der Waals surface area contributed by atoms with Crippen molar-refractivity contribution in [2.45, 2.75) is 23.8 Å². The topological polar surface area (TPSA) is 73.6 Å². The van der Waals surface area contributed by atoms with Crippen LogP contribution in [0.5, 0.6) is 5.75 Å². The summed E-state index contributed by atoms with van der Waals surface area (Å²) in [5.74, 6) is 0.972. The summed E-state index contributed by atoms with van der Waals surface area (Å²) < 4.78 is 35.1. The van der Waals surface area contributed by atoms with Crippen molar-refractivity contribution in [2.75, 3.05) is 6.61 Å². The molecule has 5 nitrogen and oxygen atoms in total. The molecule has 1 heterocycles. The molecular weight excluding hydrogens is 292 g/mol. The summed E-state index contributed by atoms with van der Waals surface area (Å²) in [4.78, 5) is 10.6. The first-order valence-electron chi connectivity index (χ1n) is 6.46. The number of hydrogen-bond acceptors (Lipinski definition) is 5. The minimum atomic E-state index is -3.76. The van der Waals surface area contributed by atoms with Crippen molar-refractivity contribution >= 4 is 16.1 Å². The molecule has 0 fully saturated rings. The molecule has 0 bridgehead atoms. The smallest absolute Gasteiger partial charge is 0.239 e. The summed E-state index contributed by atoms with van der Waals surface area (Å²) in [6.07, 6.45) is 0.460. The van der Waals surface area contributed by atoms with Crippen LogP contribution in [0.25, 0.3) is 0 Å². The van der Waals surface area contributed by atoms with Gasteiger partial charge >= 0.3 is 0 Å². The quantitative estimate of drug-likeness (QED) is 0.767. The number of sulfone groups is 1. The summed E-state index contributed by atoms with van der Waals surface area (Å²) in [6, 6.07) is 8.68. The van der Waals surface area contributed by atoms with E-state index in [1.807, 2.05) is 13.8 Å². The highest BCUT2D eigenvalue weighted by atomic mass is 32.2. The van der Waals surface area contributed by atoms with Crippen molar-refractivity contribution in [3.8, 4) is 5.75 Å². The monoisotopic (exact) mass is 308 g/mol. The normalized spacial score (nSPS) is 11.6. The van der Waals surface area contributed by atoms with E-state index in [9.17, 15) is 13.2 Å². The SMILES string of the molecule is CC(C)COc1ccc(S(=O)(=O)c2ccc(C=O)o2)cc1. The van der Waals surface area contributed by atoms with Gasteiger partial charge in [-0.3, -0.25) is 4.79 Å². The van der Waals surface area contributed by atoms with Crippen LogP contribution >= 0.6 is 0 Å². The van der Waals surface area contributed by atoms with E-state index in [1.165, 1.54) is 24.3 Å². The first-order valence-corrected chi connectivity index (χ1v) is 7.95. The first-order chi connectivity index (χ1) is 9.93. The van der Waals surface area contributed by atoms with E-state index in [2.05, 4.69) is 0 Å². The number of benzene rings is 1. The molecule has 0 aliphatic rings. The first kappa shape index (κ1) is 15.3. The Balaban J connectivity index is 2.22. The number of carbonyl (C=O) groups excluding carboxylic acids is 1. The fourth-order valence-corrected chi connectivity index (χ4v) is 2.82. The molecule has 0 unspecified atom stereocenters. The van der Waals surface area contributed by atoms with Gasteiger partial charge in [-0.15, -0.1) is 0 Å². The Morgan fingerprint density at radius 1 is 1.14 bits per heavy atom. The minimum absolute atomic E-state index is 0.0227. The molecule has 0 atom stereocenters. The third-order valence-corrected chi connectivity index (χ3v) is 4.34. The second kappa shape index (κ2) is 6.13. The Morgan fingerprint density at radius 2 is 1.81 bits per heavy atom. The van der Waals surface area contributed by atoms with E-state index in [4.69, 9.17) is 9.15 Å². The lowest BCUT2D eigenvalue weighted by atomic mass is 10.2. The molecule has 21 heavy (non-hydrogen) atoms. The number of hydrogen-bond donors (Lipinski definition) is 0. The number of aldehydes is 1. The maximum Gasteiger partial charge on any atom is 0.239 e. The van der Waals surface area contributed by atoms with Gasteiger partial charge in [-0.25, -0.2) is 8.42 Å². The molecule has 0 spiro atoms. The van der Waals surface area contributed by atoms with Gasteiger partial charge in [0.2, 0.25) is 14.9 Å². The van der Waals surface area contributed by atoms with Crippen LogP contribution in [0, 0.1) is 5.92 Å². The standard InChI is InChI=1S/C15H16O5S/c1-11(2)10-19-12-3-6-14(7-4-12)21(17,18)15-8-5-13(9-16)20-15/h3-9,11H,10H2,1-2H3. The average molecular weight is 308 g/mol. The predicted molar refractivity (Wildman–Crippen MR) is 76.3 cm³/mol. The van der Waals surface area contributed by atoms with Crippen molar-refractivity contribution in [2.24, 2.45) is 5.92 Å². The molecule has 0 N–H and O–H groups in total. The number of ether oxygens (including phenoxy) is 1. The van der Waals surface area contributed by atoms with Gasteiger partial charge in [0.25, 0.3) is 0 Å². The number of furan rings is 1. The van der Waals surface area contributed by atoms with Gasteiger partial charge in [-0.2, -0.15) is 0 Å². The van der Waals surface area contributed by atoms with Crippen LogP contribution in [0.1, 0.15) is 24.4 Å². The molecule has 0 saturated carbocycles.